The normalized spacial score (nSPS) is 19.9. The Morgan fingerprint density at radius 2 is 1.89 bits per heavy atom. The minimum atomic E-state index is -0.854. The number of carbonyl (C=O) groups excluding carboxylic acids is 3. The Kier molecular flexibility index (Phi) is 8.87. The molecule has 2 N–H and O–H groups in total. The molecular formula is C25H28N2O5S3. The smallest absolute Gasteiger partial charge is 0.253 e. The first kappa shape index (κ1) is 27.1. The van der Waals surface area contributed by atoms with Gasteiger partial charge in [-0.15, -0.1) is 11.3 Å². The lowest BCUT2D eigenvalue weighted by Gasteiger charge is -2.37. The number of rotatable bonds is 5. The van der Waals surface area contributed by atoms with Gasteiger partial charge in [0, 0.05) is 28.4 Å². The van der Waals surface area contributed by atoms with E-state index >= 15 is 0 Å². The van der Waals surface area contributed by atoms with Crippen LogP contribution in [0.15, 0.2) is 53.9 Å². The Morgan fingerprint density at radius 1 is 1.14 bits per heavy atom. The van der Waals surface area contributed by atoms with Gasteiger partial charge in [-0.3, -0.25) is 14.4 Å². The van der Waals surface area contributed by atoms with Crippen LogP contribution in [0.3, 0.4) is 0 Å². The molecule has 35 heavy (non-hydrogen) atoms. The van der Waals surface area contributed by atoms with Crippen molar-refractivity contribution in [1.82, 2.24) is 10.2 Å². The number of phenolic OH excluding ortho intramolecular Hbond substituents is 1. The van der Waals surface area contributed by atoms with Crippen molar-refractivity contribution in [2.45, 2.75) is 37.5 Å². The molecular weight excluding hydrogens is 504 g/mol. The summed E-state index contributed by atoms with van der Waals surface area (Å²) in [7, 11) is 0. The van der Waals surface area contributed by atoms with Gasteiger partial charge in [0.15, 0.2) is 5.78 Å². The Labute approximate surface area is 221 Å². The van der Waals surface area contributed by atoms with Gasteiger partial charge in [-0.1, -0.05) is 30.3 Å². The molecule has 2 amide bonds. The zero-order valence-corrected chi connectivity index (χ0v) is 21.7. The summed E-state index contributed by atoms with van der Waals surface area (Å²) in [4.78, 5) is 41.0. The van der Waals surface area contributed by atoms with Gasteiger partial charge in [0.1, 0.15) is 24.4 Å². The van der Waals surface area contributed by atoms with Gasteiger partial charge >= 0.3 is 0 Å². The summed E-state index contributed by atoms with van der Waals surface area (Å²) in [6.45, 7) is 0.480. The molecule has 3 heterocycles. The highest BCUT2D eigenvalue weighted by atomic mass is 32.1. The van der Waals surface area contributed by atoms with Gasteiger partial charge in [-0.05, 0) is 36.6 Å². The molecule has 0 spiro atoms. The van der Waals surface area contributed by atoms with Crippen molar-refractivity contribution < 1.29 is 24.2 Å². The number of benzene rings is 2. The van der Waals surface area contributed by atoms with Gasteiger partial charge < -0.3 is 20.1 Å². The largest absolute Gasteiger partial charge is 0.508 e. The summed E-state index contributed by atoms with van der Waals surface area (Å²) in [6, 6.07) is 12.8. The van der Waals surface area contributed by atoms with E-state index in [0.29, 0.717) is 12.1 Å². The molecule has 0 aliphatic carbocycles. The fourth-order valence-electron chi connectivity index (χ4n) is 4.70. The third-order valence-electron chi connectivity index (χ3n) is 6.33. The number of aromatic hydroxyl groups is 1. The molecule has 186 valence electrons. The molecule has 0 unspecified atom stereocenters. The van der Waals surface area contributed by atoms with Crippen LogP contribution in [0, 0.1) is 0 Å². The zero-order chi connectivity index (χ0) is 22.9. The van der Waals surface area contributed by atoms with Crippen molar-refractivity contribution in [3.8, 4) is 5.75 Å². The number of Topliss-reactive ketones (excluding diaryl/α,β-unsaturated/α-hetero) is 1. The SMILES string of the molecule is O=C(N[C@@H](Cc1ccc(O)cc1)C(=O)N1CCC[C@H]2OCC(=O)[C@H]21)c1csc2ccccc12.S.S. The second-order valence-corrected chi connectivity index (χ2v) is 9.39. The lowest BCUT2D eigenvalue weighted by atomic mass is 9.95. The van der Waals surface area contributed by atoms with Crippen molar-refractivity contribution in [3.63, 3.8) is 0 Å². The number of ether oxygens (including phenoxy) is 1. The molecule has 10 heteroatoms. The summed E-state index contributed by atoms with van der Waals surface area (Å²) in [5.74, 6) is -0.578. The van der Waals surface area contributed by atoms with Gasteiger partial charge in [-0.25, -0.2) is 0 Å². The van der Waals surface area contributed by atoms with Crippen molar-refractivity contribution in [2.24, 2.45) is 0 Å². The molecule has 2 aliphatic rings. The number of hydrogen-bond acceptors (Lipinski definition) is 6. The average molecular weight is 533 g/mol. The number of piperidine rings is 1. The van der Waals surface area contributed by atoms with Crippen LogP contribution in [0.2, 0.25) is 0 Å². The van der Waals surface area contributed by atoms with Gasteiger partial charge in [0.05, 0.1) is 11.7 Å². The first-order chi connectivity index (χ1) is 16.0. The van der Waals surface area contributed by atoms with Crippen LogP contribution in [0.1, 0.15) is 28.8 Å². The van der Waals surface area contributed by atoms with Gasteiger partial charge in [0.2, 0.25) is 5.91 Å². The average Bonchev–Trinajstić information content (AvgIpc) is 3.43. The lowest BCUT2D eigenvalue weighted by Crippen LogP contribution is -2.58. The number of amides is 2. The van der Waals surface area contributed by atoms with Crippen LogP contribution in [-0.2, 0) is 20.7 Å². The standard InChI is InChI=1S/C25H24N2O5S.2H2S/c28-16-9-7-15(8-10-16)12-19(25(31)27-11-3-5-21-23(27)20(29)13-32-21)26-24(30)18-14-33-22-6-2-1-4-17(18)22;;/h1-2,4,6-10,14,19,21,23,28H,3,5,11-13H2,(H,26,30);2*1H2/t19-,21+,23+;;/m0../s1. The molecule has 2 saturated heterocycles. The number of likely N-dealkylation sites (tertiary alicyclic amines) is 1. The molecule has 5 rings (SSSR count). The van der Waals surface area contributed by atoms with Crippen molar-refractivity contribution in [1.29, 1.82) is 0 Å². The van der Waals surface area contributed by atoms with Gasteiger partial charge in [0.25, 0.3) is 5.91 Å². The molecule has 7 nitrogen and oxygen atoms in total. The monoisotopic (exact) mass is 532 g/mol. The first-order valence-corrected chi connectivity index (χ1v) is 11.9. The number of phenols is 1. The zero-order valence-electron chi connectivity index (χ0n) is 18.9. The number of hydrogen-bond donors (Lipinski definition) is 2. The lowest BCUT2D eigenvalue weighted by molar-refractivity contribution is -0.142. The molecule has 3 aromatic rings. The maximum atomic E-state index is 13.7. The number of ketones is 1. The summed E-state index contributed by atoms with van der Waals surface area (Å²) in [5, 5.41) is 15.2. The fourth-order valence-corrected chi connectivity index (χ4v) is 5.64. The molecule has 2 fully saturated rings. The quantitative estimate of drug-likeness (QED) is 0.527. The van der Waals surface area contributed by atoms with Crippen LogP contribution < -0.4 is 5.32 Å². The van der Waals surface area contributed by atoms with E-state index in [2.05, 4.69) is 5.32 Å². The highest BCUT2D eigenvalue weighted by Gasteiger charge is 2.45. The van der Waals surface area contributed by atoms with E-state index in [0.717, 1.165) is 28.5 Å². The molecule has 0 radical (unpaired) electrons. The minimum absolute atomic E-state index is 0. The van der Waals surface area contributed by atoms with Crippen LogP contribution >= 0.6 is 38.3 Å². The summed E-state index contributed by atoms with van der Waals surface area (Å²) < 4.78 is 6.59. The third kappa shape index (κ3) is 5.50. The number of carbonyl (C=O) groups is 3. The maximum Gasteiger partial charge on any atom is 0.253 e. The molecule has 1 aromatic heterocycles. The van der Waals surface area contributed by atoms with Crippen molar-refractivity contribution >= 4 is 66.0 Å². The van der Waals surface area contributed by atoms with E-state index in [1.54, 1.807) is 34.5 Å². The minimum Gasteiger partial charge on any atom is -0.508 e. The molecule has 0 saturated carbocycles. The highest BCUT2D eigenvalue weighted by molar-refractivity contribution is 7.59. The number of fused-ring (bicyclic) bond motifs is 2. The summed E-state index contributed by atoms with van der Waals surface area (Å²) >= 11 is 1.48. The first-order valence-electron chi connectivity index (χ1n) is 11.0. The van der Waals surface area contributed by atoms with E-state index in [9.17, 15) is 19.5 Å². The van der Waals surface area contributed by atoms with E-state index in [1.807, 2.05) is 24.3 Å². The van der Waals surface area contributed by atoms with Crippen LogP contribution in [0.5, 0.6) is 5.75 Å². The van der Waals surface area contributed by atoms with E-state index in [1.165, 1.54) is 11.3 Å². The third-order valence-corrected chi connectivity index (χ3v) is 7.30. The summed E-state index contributed by atoms with van der Waals surface area (Å²) in [6.07, 6.45) is 1.46. The van der Waals surface area contributed by atoms with Crippen LogP contribution in [0.25, 0.3) is 10.1 Å². The van der Waals surface area contributed by atoms with E-state index < -0.39 is 12.1 Å². The second kappa shape index (κ2) is 11.5. The molecule has 2 aliphatic heterocycles. The van der Waals surface area contributed by atoms with E-state index in [-0.39, 0.29) is 69.5 Å². The maximum absolute atomic E-state index is 13.7. The predicted octanol–water partition coefficient (Wildman–Crippen LogP) is 3.13. The van der Waals surface area contributed by atoms with E-state index in [4.69, 9.17) is 4.74 Å². The van der Waals surface area contributed by atoms with Crippen LogP contribution in [-0.4, -0.2) is 58.9 Å². The number of thiophene rings is 1. The Hall–Kier alpha value is -2.53. The Bertz CT molecular complexity index is 1210. The number of nitrogens with one attached hydrogen (secondary N) is 1. The second-order valence-electron chi connectivity index (χ2n) is 8.48. The fraction of sp³-hybridized carbons (Fsp3) is 0.320. The van der Waals surface area contributed by atoms with Crippen LogP contribution in [0.4, 0.5) is 0 Å². The molecule has 2 aromatic carbocycles. The topological polar surface area (TPSA) is 95.9 Å². The predicted molar refractivity (Wildman–Crippen MR) is 145 cm³/mol. The highest BCUT2D eigenvalue weighted by Crippen LogP contribution is 2.28. The molecule has 0 bridgehead atoms. The summed E-state index contributed by atoms with van der Waals surface area (Å²) in [5.41, 5.74) is 1.32. The van der Waals surface area contributed by atoms with Gasteiger partial charge in [-0.2, -0.15) is 27.0 Å². The Balaban J connectivity index is 0.00000171. The van der Waals surface area contributed by atoms with Crippen molar-refractivity contribution in [2.75, 3.05) is 13.2 Å². The number of nitrogens with zero attached hydrogens (tertiary/aromatic N) is 1. The van der Waals surface area contributed by atoms with Crippen molar-refractivity contribution in [3.05, 3.63) is 65.0 Å². The molecule has 3 atom stereocenters. The Morgan fingerprint density at radius 3 is 2.66 bits per heavy atom.